The Bertz CT molecular complexity index is 3140. The summed E-state index contributed by atoms with van der Waals surface area (Å²) in [6.07, 6.45) is 3.25. The predicted octanol–water partition coefficient (Wildman–Crippen LogP) is 13.9. The van der Waals surface area contributed by atoms with E-state index in [0.717, 1.165) is 89.7 Å². The van der Waals surface area contributed by atoms with Gasteiger partial charge in [-0.15, -0.1) is 53.6 Å². The minimum Gasteiger partial charge on any atom is -0.501 e. The molecule has 0 N–H and O–H groups in total. The molecule has 0 bridgehead atoms. The van der Waals surface area contributed by atoms with Gasteiger partial charge in [-0.3, -0.25) is 4.98 Å². The van der Waals surface area contributed by atoms with E-state index in [1.807, 2.05) is 60.7 Å². The third kappa shape index (κ3) is 7.67. The maximum Gasteiger partial charge on any atom is 0.158 e. The van der Waals surface area contributed by atoms with Gasteiger partial charge in [-0.1, -0.05) is 138 Å². The Hall–Kier alpha value is -5.59. The number of benzene rings is 6. The van der Waals surface area contributed by atoms with Crippen LogP contribution in [0.2, 0.25) is 19.6 Å². The van der Waals surface area contributed by atoms with E-state index in [-0.39, 0.29) is 25.5 Å². The smallest absolute Gasteiger partial charge is 0.158 e. The molecule has 6 aromatic carbocycles. The van der Waals surface area contributed by atoms with Gasteiger partial charge in [0.05, 0.1) is 36.2 Å². The van der Waals surface area contributed by atoms with Gasteiger partial charge in [0, 0.05) is 42.5 Å². The number of aromatic nitrogens is 3. The summed E-state index contributed by atoms with van der Waals surface area (Å²) in [6.45, 7) is 18.5. The van der Waals surface area contributed by atoms with Gasteiger partial charge in [0.1, 0.15) is 11.2 Å². The zero-order valence-electron chi connectivity index (χ0n) is 35.5. The summed E-state index contributed by atoms with van der Waals surface area (Å²) < 4.78 is 14.9. The summed E-state index contributed by atoms with van der Waals surface area (Å²) in [6, 6.07) is 50.4. The van der Waals surface area contributed by atoms with Crippen molar-refractivity contribution in [2.45, 2.75) is 66.1 Å². The first-order chi connectivity index (χ1) is 28.3. The molecular formula is C53H49IrN3O2Si-2. The van der Waals surface area contributed by atoms with Crippen molar-refractivity contribution in [3.8, 4) is 28.3 Å². The number of pyridine rings is 1. The molecule has 60 heavy (non-hydrogen) atoms. The third-order valence-corrected chi connectivity index (χ3v) is 13.2. The van der Waals surface area contributed by atoms with Gasteiger partial charge in [0.15, 0.2) is 5.58 Å². The van der Waals surface area contributed by atoms with E-state index >= 15 is 0 Å². The van der Waals surface area contributed by atoms with Crippen molar-refractivity contribution in [3.63, 3.8) is 0 Å². The maximum absolute atomic E-state index is 6.40. The fourth-order valence-corrected chi connectivity index (χ4v) is 9.77. The summed E-state index contributed by atoms with van der Waals surface area (Å²) in [5.74, 6) is 1.42. The van der Waals surface area contributed by atoms with Crippen LogP contribution in [0.15, 0.2) is 142 Å². The Kier molecular flexibility index (Phi) is 11.1. The zero-order valence-corrected chi connectivity index (χ0v) is 38.9. The normalized spacial score (nSPS) is 12.1. The fourth-order valence-electron chi connectivity index (χ4n) is 8.18. The average Bonchev–Trinajstić information content (AvgIpc) is 3.92. The minimum absolute atomic E-state index is 0. The summed E-state index contributed by atoms with van der Waals surface area (Å²) in [4.78, 5) is 9.85. The van der Waals surface area contributed by atoms with Crippen molar-refractivity contribution in [1.29, 1.82) is 0 Å². The van der Waals surface area contributed by atoms with Gasteiger partial charge in [0.2, 0.25) is 0 Å². The van der Waals surface area contributed by atoms with Crippen LogP contribution in [0, 0.1) is 18.1 Å². The number of imidazole rings is 1. The fraction of sp³-hybridized carbons (Fsp3) is 0.208. The number of hydrogen-bond acceptors (Lipinski definition) is 4. The van der Waals surface area contributed by atoms with E-state index in [1.54, 1.807) is 0 Å². The van der Waals surface area contributed by atoms with Crippen molar-refractivity contribution in [2.75, 3.05) is 0 Å². The van der Waals surface area contributed by atoms with Crippen LogP contribution in [-0.2, 0) is 31.9 Å². The molecule has 0 aliphatic rings. The number of fused-ring (bicyclic) bond motifs is 7. The van der Waals surface area contributed by atoms with Crippen molar-refractivity contribution < 1.29 is 28.9 Å². The maximum atomic E-state index is 6.40. The summed E-state index contributed by atoms with van der Waals surface area (Å²) in [5.41, 5.74) is 12.1. The molecule has 5 nitrogen and oxygen atoms in total. The van der Waals surface area contributed by atoms with E-state index in [9.17, 15) is 0 Å². The Morgan fingerprint density at radius 3 is 2.03 bits per heavy atom. The van der Waals surface area contributed by atoms with Crippen LogP contribution in [-0.4, -0.2) is 22.6 Å². The first-order valence-corrected chi connectivity index (χ1v) is 24.1. The molecule has 303 valence electrons. The average molecular weight is 980 g/mol. The van der Waals surface area contributed by atoms with Crippen LogP contribution >= 0.6 is 0 Å². The van der Waals surface area contributed by atoms with Crippen molar-refractivity contribution in [1.82, 2.24) is 14.5 Å². The molecule has 0 amide bonds. The predicted molar refractivity (Wildman–Crippen MR) is 249 cm³/mol. The van der Waals surface area contributed by atoms with Crippen molar-refractivity contribution in [2.24, 2.45) is 5.92 Å². The SMILES string of the molecule is CC(C)Cc1cc(-c2[c-]cc(C(C)(C)C)cc2)ncc1[Si](C)(C)C.[Ir].[c-]1ccc2c(oc3ccccc32)c1-c1nc2ccccc2n1-c1cccc2c1oc1ccccc12. The Morgan fingerprint density at radius 1 is 0.717 bits per heavy atom. The third-order valence-electron chi connectivity index (χ3n) is 11.1. The summed E-state index contributed by atoms with van der Waals surface area (Å²) in [7, 11) is -1.38. The van der Waals surface area contributed by atoms with Crippen LogP contribution in [0.1, 0.15) is 45.7 Å². The van der Waals surface area contributed by atoms with Crippen LogP contribution in [0.3, 0.4) is 0 Å². The van der Waals surface area contributed by atoms with E-state index < -0.39 is 8.07 Å². The Morgan fingerprint density at radius 2 is 1.37 bits per heavy atom. The van der Waals surface area contributed by atoms with Gasteiger partial charge >= 0.3 is 0 Å². The Labute approximate surface area is 366 Å². The van der Waals surface area contributed by atoms with E-state index in [2.05, 4.69) is 144 Å². The molecule has 0 saturated carbocycles. The first kappa shape index (κ1) is 41.2. The van der Waals surface area contributed by atoms with Crippen LogP contribution in [0.4, 0.5) is 0 Å². The molecule has 0 atom stereocenters. The van der Waals surface area contributed by atoms with Gasteiger partial charge in [0.25, 0.3) is 0 Å². The summed E-state index contributed by atoms with van der Waals surface area (Å²) >= 11 is 0. The second-order valence-corrected chi connectivity index (χ2v) is 23.1. The molecular weight excluding hydrogens is 931 g/mol. The first-order valence-electron chi connectivity index (χ1n) is 20.6. The van der Waals surface area contributed by atoms with E-state index in [0.29, 0.717) is 5.92 Å². The topological polar surface area (TPSA) is 57.0 Å². The molecule has 0 aliphatic carbocycles. The quantitative estimate of drug-likeness (QED) is 0.123. The molecule has 10 rings (SSSR count). The number of para-hydroxylation sites is 5. The molecule has 10 aromatic rings. The zero-order chi connectivity index (χ0) is 41.1. The standard InChI is InChI=1S/C31H17N2O2.C22H32NSi.Ir/c1-5-17-27-19(9-1)21-11-7-13-23(29(21)34-27)31-32-24-14-3-4-15-25(24)33(31)26-16-8-12-22-20-10-2-6-18-28(20)35-30(22)26;1-16(2)13-18-14-20(23-15-21(18)24(6,7)8)17-9-11-19(12-10-17)22(3,4)5;/h1-12,14-18H;9,11-12,14-16H,13H2,1-8H3;/q2*-1;. The van der Waals surface area contributed by atoms with E-state index in [1.165, 1.54) is 16.3 Å². The molecule has 4 heterocycles. The van der Waals surface area contributed by atoms with Crippen LogP contribution in [0.5, 0.6) is 0 Å². The molecule has 0 saturated heterocycles. The van der Waals surface area contributed by atoms with Gasteiger partial charge in [-0.2, -0.15) is 0 Å². The second kappa shape index (κ2) is 16.1. The summed E-state index contributed by atoms with van der Waals surface area (Å²) in [5, 5.41) is 5.80. The number of rotatable bonds is 6. The Balaban J connectivity index is 0.000000177. The molecule has 0 aliphatic heterocycles. The molecule has 0 fully saturated rings. The molecule has 7 heteroatoms. The number of furan rings is 2. The largest absolute Gasteiger partial charge is 0.501 e. The molecule has 0 spiro atoms. The number of nitrogens with zero attached hydrogens (tertiary/aromatic N) is 3. The van der Waals surface area contributed by atoms with Crippen LogP contribution < -0.4 is 5.19 Å². The van der Waals surface area contributed by atoms with Crippen LogP contribution in [0.25, 0.3) is 83.2 Å². The van der Waals surface area contributed by atoms with Crippen molar-refractivity contribution in [3.05, 3.63) is 157 Å². The second-order valence-electron chi connectivity index (χ2n) is 18.0. The molecule has 0 unspecified atom stereocenters. The van der Waals surface area contributed by atoms with Gasteiger partial charge in [-0.25, -0.2) is 0 Å². The number of hydrogen-bond donors (Lipinski definition) is 0. The monoisotopic (exact) mass is 980 g/mol. The van der Waals surface area contributed by atoms with Gasteiger partial charge < -0.3 is 18.4 Å². The van der Waals surface area contributed by atoms with Gasteiger partial charge in [-0.05, 0) is 59.0 Å². The van der Waals surface area contributed by atoms with Crippen molar-refractivity contribution >= 4 is 68.2 Å². The van der Waals surface area contributed by atoms with E-state index in [4.69, 9.17) is 18.8 Å². The molecule has 4 aromatic heterocycles. The minimum atomic E-state index is -1.38. The molecule has 1 radical (unpaired) electrons.